The lowest BCUT2D eigenvalue weighted by Gasteiger charge is -2.28. The summed E-state index contributed by atoms with van der Waals surface area (Å²) in [6.07, 6.45) is 4.09. The van der Waals surface area contributed by atoms with Crippen LogP contribution in [0, 0.1) is 17.8 Å². The molecule has 0 aromatic rings. The molecule has 0 radical (unpaired) electrons. The molecular weight excluding hydrogens is 314 g/mol. The van der Waals surface area contributed by atoms with Gasteiger partial charge in [0.15, 0.2) is 0 Å². The number of carbonyl (C=O) groups is 1. The van der Waals surface area contributed by atoms with E-state index < -0.39 is 15.6 Å². The average molecular weight is 339 g/mol. The Morgan fingerprint density at radius 1 is 1.26 bits per heavy atom. The molecule has 3 atom stereocenters. The first-order chi connectivity index (χ1) is 10.9. The van der Waals surface area contributed by atoms with Crippen LogP contribution in [0.5, 0.6) is 0 Å². The van der Waals surface area contributed by atoms with Crippen LogP contribution in [-0.4, -0.2) is 60.3 Å². The van der Waals surface area contributed by atoms with Gasteiger partial charge in [-0.2, -0.15) is 0 Å². The Bertz CT molecular complexity index is 670. The van der Waals surface area contributed by atoms with Gasteiger partial charge in [-0.1, -0.05) is 0 Å². The fourth-order valence-corrected chi connectivity index (χ4v) is 5.79. The second kappa shape index (κ2) is 5.02. The molecule has 0 N–H and O–H groups in total. The summed E-state index contributed by atoms with van der Waals surface area (Å²) >= 11 is 0. The van der Waals surface area contributed by atoms with Crippen molar-refractivity contribution in [2.45, 2.75) is 45.1 Å². The zero-order valence-electron chi connectivity index (χ0n) is 13.9. The maximum Gasteiger partial charge on any atom is 0.256 e. The summed E-state index contributed by atoms with van der Waals surface area (Å²) in [5.74, 6) is 2.05. The third-order valence-corrected chi connectivity index (χ3v) is 8.00. The molecule has 1 amide bonds. The summed E-state index contributed by atoms with van der Waals surface area (Å²) in [6.45, 7) is 5.43. The SMILES string of the molecule is CCS(=O)(=O)N1C[C@H]2CC[C@@]3(N=C(C)N(CC4CC4)C3=O)[C@H]2C1. The van der Waals surface area contributed by atoms with Gasteiger partial charge in [-0.25, -0.2) is 12.7 Å². The quantitative estimate of drug-likeness (QED) is 0.770. The van der Waals surface area contributed by atoms with Gasteiger partial charge in [0, 0.05) is 25.6 Å². The lowest BCUT2D eigenvalue weighted by molar-refractivity contribution is -0.132. The number of carbonyl (C=O) groups excluding carboxylic acids is 1. The van der Waals surface area contributed by atoms with Crippen LogP contribution >= 0.6 is 0 Å². The van der Waals surface area contributed by atoms with Crippen LogP contribution in [0.25, 0.3) is 0 Å². The molecular formula is C16H25N3O3S. The van der Waals surface area contributed by atoms with E-state index in [1.807, 2.05) is 11.8 Å². The zero-order chi connectivity index (χ0) is 16.4. The third kappa shape index (κ3) is 2.27. The molecule has 0 aromatic heterocycles. The van der Waals surface area contributed by atoms with E-state index in [9.17, 15) is 13.2 Å². The summed E-state index contributed by atoms with van der Waals surface area (Å²) in [5.41, 5.74) is -0.679. The minimum Gasteiger partial charge on any atom is -0.298 e. The lowest BCUT2D eigenvalue weighted by Crippen LogP contribution is -2.47. The number of sulfonamides is 1. The van der Waals surface area contributed by atoms with E-state index >= 15 is 0 Å². The highest BCUT2D eigenvalue weighted by Gasteiger charge is 2.61. The van der Waals surface area contributed by atoms with Gasteiger partial charge in [0.25, 0.3) is 5.91 Å². The van der Waals surface area contributed by atoms with Gasteiger partial charge in [0.05, 0.1) is 5.75 Å². The number of rotatable bonds is 4. The van der Waals surface area contributed by atoms with Gasteiger partial charge in [0.1, 0.15) is 11.4 Å². The van der Waals surface area contributed by atoms with E-state index in [1.165, 1.54) is 12.8 Å². The maximum absolute atomic E-state index is 13.1. The lowest BCUT2D eigenvalue weighted by atomic mass is 9.85. The van der Waals surface area contributed by atoms with Crippen LogP contribution in [0.1, 0.15) is 39.5 Å². The monoisotopic (exact) mass is 339 g/mol. The first kappa shape index (κ1) is 15.6. The normalized spacial score (nSPS) is 37.7. The Morgan fingerprint density at radius 3 is 2.65 bits per heavy atom. The Hall–Kier alpha value is -0.950. The summed E-state index contributed by atoms with van der Waals surface area (Å²) < 4.78 is 26.0. The second-order valence-corrected chi connectivity index (χ2v) is 9.82. The number of hydrogen-bond acceptors (Lipinski definition) is 4. The molecule has 1 saturated heterocycles. The molecule has 1 spiro atoms. The molecule has 4 aliphatic rings. The standard InChI is InChI=1S/C16H25N3O3S/c1-3-23(21,22)18-9-13-6-7-16(14(13)10-18)15(20)19(11(2)17-16)8-12-4-5-12/h12-14H,3-10H2,1-2H3/t13-,14+,16-/m1/s1. The molecule has 6 nitrogen and oxygen atoms in total. The van der Waals surface area contributed by atoms with Crippen molar-refractivity contribution in [2.24, 2.45) is 22.7 Å². The molecule has 0 aromatic carbocycles. The topological polar surface area (TPSA) is 70.1 Å². The molecule has 23 heavy (non-hydrogen) atoms. The minimum atomic E-state index is -3.18. The number of amides is 1. The van der Waals surface area contributed by atoms with Crippen molar-refractivity contribution >= 4 is 21.8 Å². The van der Waals surface area contributed by atoms with Crippen molar-refractivity contribution in [3.8, 4) is 0 Å². The molecule has 4 rings (SSSR count). The van der Waals surface area contributed by atoms with Gasteiger partial charge in [-0.05, 0) is 51.4 Å². The number of fused-ring (bicyclic) bond motifs is 2. The number of aliphatic imine (C=N–C) groups is 1. The van der Waals surface area contributed by atoms with E-state index in [4.69, 9.17) is 4.99 Å². The predicted molar refractivity (Wildman–Crippen MR) is 87.5 cm³/mol. The molecule has 2 saturated carbocycles. The van der Waals surface area contributed by atoms with Crippen LogP contribution in [0.4, 0.5) is 0 Å². The molecule has 0 bridgehead atoms. The summed E-state index contributed by atoms with van der Waals surface area (Å²) in [6, 6.07) is 0. The van der Waals surface area contributed by atoms with Crippen molar-refractivity contribution in [1.29, 1.82) is 0 Å². The number of nitrogens with zero attached hydrogens (tertiary/aromatic N) is 3. The van der Waals surface area contributed by atoms with E-state index in [0.29, 0.717) is 19.0 Å². The largest absolute Gasteiger partial charge is 0.298 e. The van der Waals surface area contributed by atoms with Crippen molar-refractivity contribution in [3.05, 3.63) is 0 Å². The van der Waals surface area contributed by atoms with Gasteiger partial charge in [-0.15, -0.1) is 0 Å². The smallest absolute Gasteiger partial charge is 0.256 e. The molecule has 3 fully saturated rings. The fraction of sp³-hybridized carbons (Fsp3) is 0.875. The van der Waals surface area contributed by atoms with Crippen molar-refractivity contribution in [3.63, 3.8) is 0 Å². The van der Waals surface area contributed by atoms with Gasteiger partial charge in [-0.3, -0.25) is 14.7 Å². The minimum absolute atomic E-state index is 0.0514. The maximum atomic E-state index is 13.1. The Kier molecular flexibility index (Phi) is 3.40. The van der Waals surface area contributed by atoms with E-state index in [0.717, 1.165) is 25.2 Å². The fourth-order valence-electron chi connectivity index (χ4n) is 4.62. The van der Waals surface area contributed by atoms with Crippen molar-refractivity contribution in [2.75, 3.05) is 25.4 Å². The molecule has 128 valence electrons. The molecule has 7 heteroatoms. The molecule has 2 aliphatic carbocycles. The first-order valence-electron chi connectivity index (χ1n) is 8.73. The van der Waals surface area contributed by atoms with Crippen molar-refractivity contribution < 1.29 is 13.2 Å². The summed E-state index contributed by atoms with van der Waals surface area (Å²) in [4.78, 5) is 19.8. The predicted octanol–water partition coefficient (Wildman–Crippen LogP) is 1.09. The number of amidine groups is 1. The molecule has 2 aliphatic heterocycles. The van der Waals surface area contributed by atoms with Crippen LogP contribution < -0.4 is 0 Å². The second-order valence-electron chi connectivity index (χ2n) is 7.57. The van der Waals surface area contributed by atoms with E-state index in [1.54, 1.807) is 11.2 Å². The van der Waals surface area contributed by atoms with Crippen LogP contribution in [0.3, 0.4) is 0 Å². The Balaban J connectivity index is 1.59. The third-order valence-electron chi connectivity index (χ3n) is 6.18. The Labute approximate surface area is 138 Å². The molecule has 0 unspecified atom stereocenters. The van der Waals surface area contributed by atoms with Gasteiger partial charge in [0.2, 0.25) is 10.0 Å². The number of hydrogen-bond donors (Lipinski definition) is 0. The highest BCUT2D eigenvalue weighted by molar-refractivity contribution is 7.89. The van der Waals surface area contributed by atoms with Crippen molar-refractivity contribution in [1.82, 2.24) is 9.21 Å². The van der Waals surface area contributed by atoms with Crippen LogP contribution in [0.2, 0.25) is 0 Å². The summed E-state index contributed by atoms with van der Waals surface area (Å²) in [7, 11) is -3.18. The zero-order valence-corrected chi connectivity index (χ0v) is 14.7. The molecule has 2 heterocycles. The van der Waals surface area contributed by atoms with Gasteiger partial charge >= 0.3 is 0 Å². The van der Waals surface area contributed by atoms with Gasteiger partial charge < -0.3 is 0 Å². The Morgan fingerprint density at radius 2 is 2.00 bits per heavy atom. The van der Waals surface area contributed by atoms with E-state index in [-0.39, 0.29) is 23.5 Å². The van der Waals surface area contributed by atoms with Crippen LogP contribution in [-0.2, 0) is 14.8 Å². The summed E-state index contributed by atoms with van der Waals surface area (Å²) in [5, 5.41) is 0. The van der Waals surface area contributed by atoms with Crippen LogP contribution in [0.15, 0.2) is 4.99 Å². The van der Waals surface area contributed by atoms with E-state index in [2.05, 4.69) is 0 Å². The highest BCUT2D eigenvalue weighted by atomic mass is 32.2. The highest BCUT2D eigenvalue weighted by Crippen LogP contribution is 2.51. The average Bonchev–Trinajstić information content (AvgIpc) is 3.04. The first-order valence-corrected chi connectivity index (χ1v) is 10.3.